The summed E-state index contributed by atoms with van der Waals surface area (Å²) in [6.45, 7) is 4.84. The first-order valence-corrected chi connectivity index (χ1v) is 14.0. The van der Waals surface area contributed by atoms with E-state index in [2.05, 4.69) is 54.3 Å². The molecule has 0 spiro atoms. The van der Waals surface area contributed by atoms with Crippen molar-refractivity contribution in [2.24, 2.45) is 0 Å². The molecular formula is C30H27N7OS. The van der Waals surface area contributed by atoms with Crippen LogP contribution in [0.4, 0.5) is 0 Å². The van der Waals surface area contributed by atoms with Crippen LogP contribution in [0.1, 0.15) is 41.4 Å². The van der Waals surface area contributed by atoms with E-state index in [0.717, 1.165) is 73.7 Å². The third-order valence-electron chi connectivity index (χ3n) is 7.38. The van der Waals surface area contributed by atoms with Gasteiger partial charge in [-0.25, -0.2) is 4.98 Å². The Bertz CT molecular complexity index is 1830. The maximum absolute atomic E-state index is 11.8. The average Bonchev–Trinajstić information content (AvgIpc) is 3.71. The normalized spacial score (nSPS) is 14.4. The molecule has 1 aliphatic heterocycles. The molecule has 1 saturated heterocycles. The van der Waals surface area contributed by atoms with E-state index >= 15 is 0 Å². The number of Topliss-reactive ketones (excluding diaryl/α,β-unsaturated/α-hetero) is 1. The fraction of sp³-hybridized carbons (Fsp3) is 0.233. The summed E-state index contributed by atoms with van der Waals surface area (Å²) in [5.41, 5.74) is 7.63. The van der Waals surface area contributed by atoms with Crippen LogP contribution in [0, 0.1) is 0 Å². The molecule has 1 aromatic carbocycles. The van der Waals surface area contributed by atoms with E-state index in [9.17, 15) is 4.79 Å². The number of imidazole rings is 1. The van der Waals surface area contributed by atoms with Crippen LogP contribution in [0.3, 0.4) is 0 Å². The van der Waals surface area contributed by atoms with Gasteiger partial charge in [0.25, 0.3) is 0 Å². The lowest BCUT2D eigenvalue weighted by Gasteiger charge is -2.26. The Morgan fingerprint density at radius 2 is 1.82 bits per heavy atom. The van der Waals surface area contributed by atoms with Crippen molar-refractivity contribution in [3.8, 4) is 33.1 Å². The van der Waals surface area contributed by atoms with Crippen LogP contribution < -0.4 is 0 Å². The fourth-order valence-electron chi connectivity index (χ4n) is 5.38. The minimum atomic E-state index is 0.0557. The first-order valence-electron chi connectivity index (χ1n) is 13.2. The average molecular weight is 534 g/mol. The van der Waals surface area contributed by atoms with Crippen molar-refractivity contribution in [3.05, 3.63) is 71.6 Å². The van der Waals surface area contributed by atoms with Gasteiger partial charge in [0.05, 0.1) is 22.1 Å². The van der Waals surface area contributed by atoms with E-state index in [1.165, 1.54) is 36.2 Å². The highest BCUT2D eigenvalue weighted by atomic mass is 32.1. The highest BCUT2D eigenvalue weighted by Gasteiger charge is 2.18. The lowest BCUT2D eigenvalue weighted by Crippen LogP contribution is -2.29. The molecule has 194 valence electrons. The van der Waals surface area contributed by atoms with Gasteiger partial charge in [0.2, 0.25) is 0 Å². The van der Waals surface area contributed by atoms with Gasteiger partial charge in [0.1, 0.15) is 11.2 Å². The van der Waals surface area contributed by atoms with Crippen LogP contribution in [0.2, 0.25) is 0 Å². The Hall–Kier alpha value is -4.21. The van der Waals surface area contributed by atoms with Gasteiger partial charge in [-0.2, -0.15) is 5.10 Å². The SMILES string of the molecule is CC(=O)c1ccc(-c2cncc3[nH]c(-c4n[nH]c5ccc(-c6cncc(CN7CCCCC7)c6)cc45)nc23)s1. The smallest absolute Gasteiger partial charge is 0.169 e. The molecule has 1 aliphatic rings. The lowest BCUT2D eigenvalue weighted by molar-refractivity contribution is 0.102. The Kier molecular flexibility index (Phi) is 6.02. The molecule has 6 heterocycles. The summed E-state index contributed by atoms with van der Waals surface area (Å²) in [7, 11) is 0. The molecule has 7 rings (SSSR count). The van der Waals surface area contributed by atoms with E-state index in [1.54, 1.807) is 19.3 Å². The van der Waals surface area contributed by atoms with Gasteiger partial charge in [-0.05, 0) is 74.3 Å². The minimum absolute atomic E-state index is 0.0557. The molecule has 5 aromatic heterocycles. The van der Waals surface area contributed by atoms with E-state index in [1.807, 2.05) is 24.5 Å². The van der Waals surface area contributed by atoms with Crippen LogP contribution in [0.15, 0.2) is 61.2 Å². The van der Waals surface area contributed by atoms with Gasteiger partial charge in [0, 0.05) is 46.5 Å². The Morgan fingerprint density at radius 1 is 0.949 bits per heavy atom. The number of aromatic nitrogens is 6. The summed E-state index contributed by atoms with van der Waals surface area (Å²) in [4.78, 5) is 33.4. The van der Waals surface area contributed by atoms with Crippen LogP contribution in [0.5, 0.6) is 0 Å². The number of thiophene rings is 1. The first kappa shape index (κ1) is 23.9. The quantitative estimate of drug-likeness (QED) is 0.238. The second-order valence-electron chi connectivity index (χ2n) is 10.1. The maximum Gasteiger partial charge on any atom is 0.169 e. The standard InChI is InChI=1S/C30H27N7OS/c1-18(38)26-7-8-27(39-26)23-15-32-16-25-28(23)34-30(33-25)29-22-12-20(5-6-24(22)35-36-29)21-11-19(13-31-14-21)17-37-9-3-2-4-10-37/h5-8,11-16H,2-4,9-10,17H2,1H3,(H,33,34)(H,35,36). The number of H-pyrrole nitrogens is 2. The van der Waals surface area contributed by atoms with E-state index < -0.39 is 0 Å². The number of carbonyl (C=O) groups excluding carboxylic acids is 1. The molecule has 0 bridgehead atoms. The Labute approximate surface area is 229 Å². The summed E-state index contributed by atoms with van der Waals surface area (Å²) >= 11 is 1.46. The molecule has 1 fully saturated rings. The molecule has 0 radical (unpaired) electrons. The summed E-state index contributed by atoms with van der Waals surface area (Å²) < 4.78 is 0. The van der Waals surface area contributed by atoms with Gasteiger partial charge in [-0.15, -0.1) is 11.3 Å². The molecular weight excluding hydrogens is 506 g/mol. The predicted molar refractivity (Wildman–Crippen MR) is 155 cm³/mol. The number of hydrogen-bond acceptors (Lipinski definition) is 7. The number of nitrogens with zero attached hydrogens (tertiary/aromatic N) is 5. The van der Waals surface area contributed by atoms with Crippen molar-refractivity contribution in [2.75, 3.05) is 13.1 Å². The first-order chi connectivity index (χ1) is 19.1. The highest BCUT2D eigenvalue weighted by molar-refractivity contribution is 7.17. The van der Waals surface area contributed by atoms with Crippen molar-refractivity contribution >= 4 is 39.1 Å². The van der Waals surface area contributed by atoms with Crippen molar-refractivity contribution in [1.29, 1.82) is 0 Å². The molecule has 0 atom stereocenters. The van der Waals surface area contributed by atoms with Crippen molar-refractivity contribution < 1.29 is 4.79 Å². The van der Waals surface area contributed by atoms with Crippen LogP contribution >= 0.6 is 11.3 Å². The van der Waals surface area contributed by atoms with Gasteiger partial charge >= 0.3 is 0 Å². The van der Waals surface area contributed by atoms with Crippen LogP contribution in [-0.4, -0.2) is 53.9 Å². The number of carbonyl (C=O) groups is 1. The second-order valence-corrected chi connectivity index (χ2v) is 11.2. The number of ketones is 1. The predicted octanol–water partition coefficient (Wildman–Crippen LogP) is 6.48. The monoisotopic (exact) mass is 533 g/mol. The molecule has 2 N–H and O–H groups in total. The van der Waals surface area contributed by atoms with Gasteiger partial charge < -0.3 is 4.98 Å². The van der Waals surface area contributed by atoms with Gasteiger partial charge in [-0.1, -0.05) is 12.5 Å². The van der Waals surface area contributed by atoms with E-state index in [4.69, 9.17) is 4.98 Å². The Morgan fingerprint density at radius 3 is 2.67 bits per heavy atom. The number of rotatable bonds is 6. The van der Waals surface area contributed by atoms with Crippen LogP contribution in [-0.2, 0) is 6.54 Å². The van der Waals surface area contributed by atoms with E-state index in [0.29, 0.717) is 5.82 Å². The second kappa shape index (κ2) is 9.83. The van der Waals surface area contributed by atoms with Crippen molar-refractivity contribution in [2.45, 2.75) is 32.7 Å². The molecule has 6 aromatic rings. The lowest BCUT2D eigenvalue weighted by atomic mass is 10.0. The van der Waals surface area contributed by atoms with Crippen molar-refractivity contribution in [1.82, 2.24) is 35.0 Å². The largest absolute Gasteiger partial charge is 0.335 e. The molecule has 9 heteroatoms. The zero-order chi connectivity index (χ0) is 26.3. The number of likely N-dealkylation sites (tertiary alicyclic amines) is 1. The number of hydrogen-bond donors (Lipinski definition) is 2. The molecule has 0 amide bonds. The number of aromatic amines is 2. The number of benzene rings is 1. The topological polar surface area (TPSA) is 103 Å². The minimum Gasteiger partial charge on any atom is -0.335 e. The molecule has 39 heavy (non-hydrogen) atoms. The maximum atomic E-state index is 11.8. The zero-order valence-corrected chi connectivity index (χ0v) is 22.4. The fourth-order valence-corrected chi connectivity index (χ4v) is 6.29. The van der Waals surface area contributed by atoms with Gasteiger partial charge in [-0.3, -0.25) is 24.8 Å². The summed E-state index contributed by atoms with van der Waals surface area (Å²) in [5.74, 6) is 0.725. The summed E-state index contributed by atoms with van der Waals surface area (Å²) in [5, 5.41) is 8.75. The van der Waals surface area contributed by atoms with E-state index in [-0.39, 0.29) is 5.78 Å². The molecule has 0 unspecified atom stereocenters. The number of nitrogens with one attached hydrogen (secondary N) is 2. The molecule has 0 aliphatic carbocycles. The number of fused-ring (bicyclic) bond motifs is 2. The number of piperidine rings is 1. The highest BCUT2D eigenvalue weighted by Crippen LogP contribution is 2.35. The zero-order valence-electron chi connectivity index (χ0n) is 21.6. The third-order valence-corrected chi connectivity index (χ3v) is 8.60. The number of pyridine rings is 2. The van der Waals surface area contributed by atoms with Gasteiger partial charge in [0.15, 0.2) is 11.6 Å². The Balaban J connectivity index is 1.25. The third kappa shape index (κ3) is 4.53. The molecule has 0 saturated carbocycles. The summed E-state index contributed by atoms with van der Waals surface area (Å²) in [6.07, 6.45) is 11.4. The molecule has 8 nitrogen and oxygen atoms in total. The van der Waals surface area contributed by atoms with Crippen LogP contribution in [0.25, 0.3) is 55.0 Å². The summed E-state index contributed by atoms with van der Waals surface area (Å²) in [6, 6.07) is 12.4. The van der Waals surface area contributed by atoms with Crippen molar-refractivity contribution in [3.63, 3.8) is 0 Å².